The lowest BCUT2D eigenvalue weighted by atomic mass is 9.93. The maximum absolute atomic E-state index is 13.1. The van der Waals surface area contributed by atoms with Gasteiger partial charge in [0.15, 0.2) is 0 Å². The first-order valence-corrected chi connectivity index (χ1v) is 10.9. The normalized spacial score (nSPS) is 18.1. The van der Waals surface area contributed by atoms with E-state index < -0.39 is 17.7 Å². The van der Waals surface area contributed by atoms with Crippen LogP contribution in [0.2, 0.25) is 0 Å². The molecule has 5 heteroatoms. The minimum atomic E-state index is -0.655. The van der Waals surface area contributed by atoms with Gasteiger partial charge in [-0.15, -0.1) is 0 Å². The van der Waals surface area contributed by atoms with Gasteiger partial charge in [-0.3, -0.25) is 9.59 Å². The number of ketones is 1. The highest BCUT2D eigenvalue weighted by atomic mass is 16.5. The number of benzene rings is 2. The van der Waals surface area contributed by atoms with E-state index in [-0.39, 0.29) is 11.3 Å². The van der Waals surface area contributed by atoms with Crippen LogP contribution in [0.1, 0.15) is 68.7 Å². The van der Waals surface area contributed by atoms with Gasteiger partial charge < -0.3 is 14.7 Å². The molecule has 1 fully saturated rings. The maximum atomic E-state index is 13.1. The van der Waals surface area contributed by atoms with E-state index in [1.54, 1.807) is 29.2 Å². The number of aliphatic hydroxyl groups is 1. The molecule has 0 spiro atoms. The molecule has 1 amide bonds. The van der Waals surface area contributed by atoms with Crippen molar-refractivity contribution in [2.24, 2.45) is 0 Å². The second-order valence-electron chi connectivity index (χ2n) is 8.22. The molecule has 2 aromatic rings. The SMILES string of the molecule is CCCCCN1C(=O)C(=O)/C(=C(\O)c2ccccc2OC)C1c1ccc(C(C)C)cc1. The molecule has 1 aliphatic rings. The quantitative estimate of drug-likeness (QED) is 0.267. The van der Waals surface area contributed by atoms with Gasteiger partial charge in [0.05, 0.1) is 24.3 Å². The van der Waals surface area contributed by atoms with Gasteiger partial charge in [0.1, 0.15) is 11.5 Å². The first kappa shape index (κ1) is 22.6. The maximum Gasteiger partial charge on any atom is 0.295 e. The van der Waals surface area contributed by atoms with Crippen molar-refractivity contribution in [2.45, 2.75) is 52.0 Å². The number of hydrogen-bond donors (Lipinski definition) is 1. The van der Waals surface area contributed by atoms with E-state index >= 15 is 0 Å². The van der Waals surface area contributed by atoms with Gasteiger partial charge in [-0.1, -0.05) is 70.0 Å². The van der Waals surface area contributed by atoms with E-state index in [9.17, 15) is 14.7 Å². The second kappa shape index (κ2) is 9.82. The highest BCUT2D eigenvalue weighted by molar-refractivity contribution is 6.46. The Hall–Kier alpha value is -3.08. The van der Waals surface area contributed by atoms with Gasteiger partial charge in [-0.05, 0) is 35.6 Å². The van der Waals surface area contributed by atoms with Crippen LogP contribution in [0.15, 0.2) is 54.1 Å². The Morgan fingerprint density at radius 3 is 2.35 bits per heavy atom. The number of para-hydroxylation sites is 1. The smallest absolute Gasteiger partial charge is 0.295 e. The standard InChI is InChI=1S/C26H31NO4/c1-5-6-9-16-27-23(19-14-12-18(13-15-19)17(2)3)22(25(29)26(27)30)24(28)20-10-7-8-11-21(20)31-4/h7-8,10-15,17,23,28H,5-6,9,16H2,1-4H3/b24-22-. The van der Waals surface area contributed by atoms with Crippen LogP contribution in [0.5, 0.6) is 5.75 Å². The highest BCUT2D eigenvalue weighted by Crippen LogP contribution is 2.41. The third kappa shape index (κ3) is 4.50. The zero-order valence-electron chi connectivity index (χ0n) is 18.7. The summed E-state index contributed by atoms with van der Waals surface area (Å²) in [6.07, 6.45) is 2.78. The number of carbonyl (C=O) groups is 2. The van der Waals surface area contributed by atoms with E-state index in [0.29, 0.717) is 23.8 Å². The van der Waals surface area contributed by atoms with Gasteiger partial charge in [-0.25, -0.2) is 0 Å². The first-order chi connectivity index (χ1) is 14.9. The van der Waals surface area contributed by atoms with Crippen molar-refractivity contribution in [2.75, 3.05) is 13.7 Å². The Bertz CT molecular complexity index is 975. The first-order valence-electron chi connectivity index (χ1n) is 10.9. The molecule has 0 radical (unpaired) electrons. The third-order valence-electron chi connectivity index (χ3n) is 5.82. The molecule has 1 unspecified atom stereocenters. The minimum Gasteiger partial charge on any atom is -0.507 e. The lowest BCUT2D eigenvalue weighted by molar-refractivity contribution is -0.139. The zero-order chi connectivity index (χ0) is 22.5. The lowest BCUT2D eigenvalue weighted by Crippen LogP contribution is -2.30. The number of Topliss-reactive ketones (excluding diaryl/α,β-unsaturated/α-hetero) is 1. The largest absolute Gasteiger partial charge is 0.507 e. The number of unbranched alkanes of at least 4 members (excludes halogenated alkanes) is 2. The number of likely N-dealkylation sites (tertiary alicyclic amines) is 1. The average molecular weight is 422 g/mol. The molecule has 1 aliphatic heterocycles. The summed E-state index contributed by atoms with van der Waals surface area (Å²) in [6, 6.07) is 14.3. The molecule has 164 valence electrons. The molecule has 0 aliphatic carbocycles. The van der Waals surface area contributed by atoms with Crippen LogP contribution >= 0.6 is 0 Å². The van der Waals surface area contributed by atoms with Crippen molar-refractivity contribution in [1.82, 2.24) is 4.90 Å². The Morgan fingerprint density at radius 2 is 1.74 bits per heavy atom. The molecule has 1 atom stereocenters. The number of amides is 1. The number of methoxy groups -OCH3 is 1. The number of ether oxygens (including phenoxy) is 1. The van der Waals surface area contributed by atoms with Crippen molar-refractivity contribution >= 4 is 17.4 Å². The summed E-state index contributed by atoms with van der Waals surface area (Å²) in [7, 11) is 1.51. The van der Waals surface area contributed by atoms with Crippen LogP contribution in [0.4, 0.5) is 0 Å². The van der Waals surface area contributed by atoms with Crippen LogP contribution < -0.4 is 4.74 Å². The van der Waals surface area contributed by atoms with E-state index in [1.807, 2.05) is 24.3 Å². The molecular formula is C26H31NO4. The summed E-state index contributed by atoms with van der Waals surface area (Å²) in [4.78, 5) is 27.6. The number of aliphatic hydroxyl groups excluding tert-OH is 1. The highest BCUT2D eigenvalue weighted by Gasteiger charge is 2.46. The molecular weight excluding hydrogens is 390 g/mol. The Balaban J connectivity index is 2.14. The lowest BCUT2D eigenvalue weighted by Gasteiger charge is -2.26. The molecule has 0 bridgehead atoms. The van der Waals surface area contributed by atoms with E-state index in [4.69, 9.17) is 4.74 Å². The Kier molecular flexibility index (Phi) is 7.16. The van der Waals surface area contributed by atoms with Crippen LogP contribution in [0, 0.1) is 0 Å². The summed E-state index contributed by atoms with van der Waals surface area (Å²) in [5.41, 5.74) is 2.51. The van der Waals surface area contributed by atoms with Crippen LogP contribution in [-0.2, 0) is 9.59 Å². The summed E-state index contributed by atoms with van der Waals surface area (Å²) < 4.78 is 5.37. The summed E-state index contributed by atoms with van der Waals surface area (Å²) >= 11 is 0. The van der Waals surface area contributed by atoms with Gasteiger partial charge in [0.25, 0.3) is 11.7 Å². The zero-order valence-corrected chi connectivity index (χ0v) is 18.7. The van der Waals surface area contributed by atoms with Crippen LogP contribution in [0.25, 0.3) is 5.76 Å². The van der Waals surface area contributed by atoms with E-state index in [1.165, 1.54) is 12.7 Å². The van der Waals surface area contributed by atoms with Crippen molar-refractivity contribution in [1.29, 1.82) is 0 Å². The predicted octanol–water partition coefficient (Wildman–Crippen LogP) is 5.43. The van der Waals surface area contributed by atoms with Gasteiger partial charge in [0, 0.05) is 6.54 Å². The molecule has 31 heavy (non-hydrogen) atoms. The fourth-order valence-electron chi connectivity index (χ4n) is 4.04. The molecule has 1 saturated heterocycles. The summed E-state index contributed by atoms with van der Waals surface area (Å²) in [5.74, 6) is -0.598. The van der Waals surface area contributed by atoms with Gasteiger partial charge >= 0.3 is 0 Å². The molecule has 0 saturated carbocycles. The third-order valence-corrected chi connectivity index (χ3v) is 5.82. The van der Waals surface area contributed by atoms with Gasteiger partial charge in [-0.2, -0.15) is 0 Å². The molecule has 5 nitrogen and oxygen atoms in total. The molecule has 1 heterocycles. The molecule has 3 rings (SSSR count). The van der Waals surface area contributed by atoms with Crippen LogP contribution in [-0.4, -0.2) is 35.4 Å². The van der Waals surface area contributed by atoms with E-state index in [0.717, 1.165) is 24.8 Å². The fourth-order valence-corrected chi connectivity index (χ4v) is 4.04. The van der Waals surface area contributed by atoms with Gasteiger partial charge in [0.2, 0.25) is 0 Å². The number of rotatable bonds is 8. The molecule has 2 aromatic carbocycles. The Labute approximate surface area is 184 Å². The number of hydrogen-bond acceptors (Lipinski definition) is 4. The second-order valence-corrected chi connectivity index (χ2v) is 8.22. The van der Waals surface area contributed by atoms with Crippen molar-refractivity contribution in [3.63, 3.8) is 0 Å². The average Bonchev–Trinajstić information content (AvgIpc) is 3.03. The number of nitrogens with zero attached hydrogens (tertiary/aromatic N) is 1. The monoisotopic (exact) mass is 421 g/mol. The minimum absolute atomic E-state index is 0.114. The summed E-state index contributed by atoms with van der Waals surface area (Å²) in [5, 5.41) is 11.2. The predicted molar refractivity (Wildman–Crippen MR) is 122 cm³/mol. The van der Waals surface area contributed by atoms with Crippen molar-refractivity contribution < 1.29 is 19.4 Å². The van der Waals surface area contributed by atoms with Crippen LogP contribution in [0.3, 0.4) is 0 Å². The van der Waals surface area contributed by atoms with Crippen molar-refractivity contribution in [3.05, 3.63) is 70.8 Å². The summed E-state index contributed by atoms with van der Waals surface area (Å²) in [6.45, 7) is 6.80. The molecule has 0 aromatic heterocycles. The fraction of sp³-hybridized carbons (Fsp3) is 0.385. The Morgan fingerprint density at radius 1 is 1.06 bits per heavy atom. The van der Waals surface area contributed by atoms with E-state index in [2.05, 4.69) is 20.8 Å². The topological polar surface area (TPSA) is 66.8 Å². The number of carbonyl (C=O) groups excluding carboxylic acids is 2. The van der Waals surface area contributed by atoms with Crippen molar-refractivity contribution in [3.8, 4) is 5.75 Å². The molecule has 1 N–H and O–H groups in total.